The number of carbonyl (C=O) groups excluding carboxylic acids is 1. The van der Waals surface area contributed by atoms with Gasteiger partial charge in [-0.1, -0.05) is 18.2 Å². The average Bonchev–Trinajstić information content (AvgIpc) is 2.97. The van der Waals surface area contributed by atoms with Crippen LogP contribution in [0.2, 0.25) is 0 Å². The van der Waals surface area contributed by atoms with Crippen molar-refractivity contribution in [1.82, 2.24) is 9.38 Å². The molecule has 0 fully saturated rings. The number of rotatable bonds is 8. The minimum atomic E-state index is -1.20. The Hall–Kier alpha value is -3.35. The van der Waals surface area contributed by atoms with E-state index in [4.69, 9.17) is 14.8 Å². The van der Waals surface area contributed by atoms with Gasteiger partial charge in [0.05, 0.1) is 11.4 Å². The number of anilines is 1. The Labute approximate surface area is 175 Å². The van der Waals surface area contributed by atoms with Gasteiger partial charge in [-0.05, 0) is 56.5 Å². The highest BCUT2D eigenvalue weighted by atomic mass is 16.5. The smallest absolute Gasteiger partial charge is 0.317 e. The molecule has 30 heavy (non-hydrogen) atoms. The second-order valence-corrected chi connectivity index (χ2v) is 7.56. The topological polar surface area (TPSA) is 92.9 Å². The van der Waals surface area contributed by atoms with Gasteiger partial charge in [0.25, 0.3) is 0 Å². The van der Waals surface area contributed by atoms with Crippen molar-refractivity contribution in [1.29, 1.82) is 0 Å². The van der Waals surface area contributed by atoms with Crippen LogP contribution in [0.25, 0.3) is 5.65 Å². The molecule has 3 rings (SSSR count). The van der Waals surface area contributed by atoms with Gasteiger partial charge in [-0.3, -0.25) is 9.59 Å². The molecule has 0 saturated heterocycles. The molecule has 1 unspecified atom stereocenters. The summed E-state index contributed by atoms with van der Waals surface area (Å²) >= 11 is 0. The molecule has 0 aliphatic heterocycles. The number of nitrogens with one attached hydrogen (secondary N) is 1. The third kappa shape index (κ3) is 4.79. The van der Waals surface area contributed by atoms with Crippen molar-refractivity contribution in [3.8, 4) is 0 Å². The zero-order valence-corrected chi connectivity index (χ0v) is 17.7. The molecule has 0 spiro atoms. The monoisotopic (exact) mass is 409 g/mol. The standard InChI is InChI=1S/C23H27N3O4/c1-14-7-5-8-15(2)18(14)13-24-19-9-6-10-26-17(4)20(25-23(19)26)11-16(3)30-22(29)12-21(27)28/h5-10,16,24H,11-13H2,1-4H3,(H,27,28). The van der Waals surface area contributed by atoms with E-state index in [9.17, 15) is 9.59 Å². The number of carboxylic acids is 1. The highest BCUT2D eigenvalue weighted by Gasteiger charge is 2.18. The van der Waals surface area contributed by atoms with Crippen LogP contribution in [0, 0.1) is 20.8 Å². The number of carbonyl (C=O) groups is 2. The van der Waals surface area contributed by atoms with Crippen LogP contribution in [-0.2, 0) is 27.3 Å². The minimum Gasteiger partial charge on any atom is -0.481 e. The van der Waals surface area contributed by atoms with E-state index in [2.05, 4.69) is 37.4 Å². The van der Waals surface area contributed by atoms with Gasteiger partial charge in [0.2, 0.25) is 0 Å². The number of hydrogen-bond donors (Lipinski definition) is 2. The maximum atomic E-state index is 11.6. The quantitative estimate of drug-likeness (QED) is 0.434. The summed E-state index contributed by atoms with van der Waals surface area (Å²) in [5.74, 6) is -1.94. The van der Waals surface area contributed by atoms with Crippen LogP contribution in [0.15, 0.2) is 36.5 Å². The summed E-state index contributed by atoms with van der Waals surface area (Å²) in [5, 5.41) is 12.2. The Kier molecular flexibility index (Phi) is 6.40. The van der Waals surface area contributed by atoms with E-state index in [-0.39, 0.29) is 0 Å². The molecule has 0 aliphatic rings. The van der Waals surface area contributed by atoms with Crippen molar-refractivity contribution in [2.45, 2.75) is 53.2 Å². The number of aryl methyl sites for hydroxylation is 3. The lowest BCUT2D eigenvalue weighted by molar-refractivity contribution is -0.154. The van der Waals surface area contributed by atoms with Crippen LogP contribution in [0.4, 0.5) is 5.69 Å². The number of pyridine rings is 1. The number of benzene rings is 1. The zero-order chi connectivity index (χ0) is 21.8. The van der Waals surface area contributed by atoms with Gasteiger partial charge in [-0.2, -0.15) is 0 Å². The number of ether oxygens (including phenoxy) is 1. The fourth-order valence-electron chi connectivity index (χ4n) is 3.58. The Balaban J connectivity index is 1.78. The molecule has 7 nitrogen and oxygen atoms in total. The van der Waals surface area contributed by atoms with Crippen LogP contribution in [0.3, 0.4) is 0 Å². The maximum absolute atomic E-state index is 11.6. The highest BCUT2D eigenvalue weighted by Crippen LogP contribution is 2.23. The molecule has 3 aromatic rings. The Morgan fingerprint density at radius 1 is 1.17 bits per heavy atom. The fourth-order valence-corrected chi connectivity index (χ4v) is 3.58. The van der Waals surface area contributed by atoms with Crippen molar-refractivity contribution in [3.63, 3.8) is 0 Å². The summed E-state index contributed by atoms with van der Waals surface area (Å²) in [5.41, 5.74) is 7.25. The molecule has 1 aromatic carbocycles. The first-order valence-electron chi connectivity index (χ1n) is 9.93. The number of esters is 1. The largest absolute Gasteiger partial charge is 0.481 e. The number of imidazole rings is 1. The Bertz CT molecular complexity index is 1070. The molecule has 0 radical (unpaired) electrons. The fraction of sp³-hybridized carbons (Fsp3) is 0.348. The van der Waals surface area contributed by atoms with Crippen LogP contribution in [0.5, 0.6) is 0 Å². The van der Waals surface area contributed by atoms with Crippen molar-refractivity contribution in [2.24, 2.45) is 0 Å². The number of hydrogen-bond acceptors (Lipinski definition) is 5. The number of aromatic nitrogens is 2. The normalized spacial score (nSPS) is 12.0. The first-order valence-corrected chi connectivity index (χ1v) is 9.93. The SMILES string of the molecule is Cc1cccc(C)c1CNc1cccn2c(C)c(CC(C)OC(=O)CC(=O)O)nc12. The molecule has 158 valence electrons. The van der Waals surface area contributed by atoms with E-state index >= 15 is 0 Å². The highest BCUT2D eigenvalue weighted by molar-refractivity contribution is 5.90. The molecule has 0 saturated carbocycles. The lowest BCUT2D eigenvalue weighted by atomic mass is 10.0. The van der Waals surface area contributed by atoms with Crippen LogP contribution in [0.1, 0.15) is 41.4 Å². The third-order valence-corrected chi connectivity index (χ3v) is 5.20. The molecule has 7 heteroatoms. The van der Waals surface area contributed by atoms with Gasteiger partial charge in [0.1, 0.15) is 12.5 Å². The van der Waals surface area contributed by atoms with Gasteiger partial charge < -0.3 is 19.6 Å². The number of nitrogens with zero attached hydrogens (tertiary/aromatic N) is 2. The molecule has 2 heterocycles. The van der Waals surface area contributed by atoms with Crippen molar-refractivity contribution in [2.75, 3.05) is 5.32 Å². The van der Waals surface area contributed by atoms with E-state index in [0.29, 0.717) is 13.0 Å². The summed E-state index contributed by atoms with van der Waals surface area (Å²) in [4.78, 5) is 27.0. The Morgan fingerprint density at radius 2 is 1.87 bits per heavy atom. The molecule has 1 atom stereocenters. The minimum absolute atomic E-state index is 0.412. The van der Waals surface area contributed by atoms with E-state index in [1.54, 1.807) is 6.92 Å². The molecule has 0 amide bonds. The predicted octanol–water partition coefficient (Wildman–Crippen LogP) is 3.82. The van der Waals surface area contributed by atoms with E-state index in [1.165, 1.54) is 16.7 Å². The molecule has 0 aliphatic carbocycles. The molecular formula is C23H27N3O4. The lowest BCUT2D eigenvalue weighted by Crippen LogP contribution is -2.20. The maximum Gasteiger partial charge on any atom is 0.317 e. The van der Waals surface area contributed by atoms with Crippen LogP contribution >= 0.6 is 0 Å². The van der Waals surface area contributed by atoms with E-state index in [0.717, 1.165) is 22.7 Å². The van der Waals surface area contributed by atoms with E-state index in [1.807, 2.05) is 29.7 Å². The first kappa shape index (κ1) is 21.4. The molecule has 0 bridgehead atoms. The summed E-state index contributed by atoms with van der Waals surface area (Å²) in [7, 11) is 0. The van der Waals surface area contributed by atoms with Crippen molar-refractivity contribution < 1.29 is 19.4 Å². The number of fused-ring (bicyclic) bond motifs is 1. The van der Waals surface area contributed by atoms with Gasteiger partial charge in [0, 0.05) is 24.9 Å². The summed E-state index contributed by atoms with van der Waals surface area (Å²) < 4.78 is 7.20. The summed E-state index contributed by atoms with van der Waals surface area (Å²) in [6.45, 7) is 8.62. The first-order chi connectivity index (χ1) is 14.3. The molecule has 2 N–H and O–H groups in total. The number of carboxylic acid groups (broad SMARTS) is 1. The second kappa shape index (κ2) is 8.98. The third-order valence-electron chi connectivity index (χ3n) is 5.20. The van der Waals surface area contributed by atoms with Crippen LogP contribution < -0.4 is 5.32 Å². The van der Waals surface area contributed by atoms with Crippen molar-refractivity contribution >= 4 is 23.3 Å². The zero-order valence-electron chi connectivity index (χ0n) is 17.7. The summed E-state index contributed by atoms with van der Waals surface area (Å²) in [6, 6.07) is 10.2. The van der Waals surface area contributed by atoms with Gasteiger partial charge in [0.15, 0.2) is 5.65 Å². The number of aliphatic carboxylic acids is 1. The summed E-state index contributed by atoms with van der Waals surface area (Å²) in [6.07, 6.45) is 1.26. The predicted molar refractivity (Wildman–Crippen MR) is 115 cm³/mol. The van der Waals surface area contributed by atoms with E-state index < -0.39 is 24.5 Å². The van der Waals surface area contributed by atoms with Gasteiger partial charge in [-0.15, -0.1) is 0 Å². The molecule has 2 aromatic heterocycles. The van der Waals surface area contributed by atoms with Gasteiger partial charge in [-0.25, -0.2) is 4.98 Å². The van der Waals surface area contributed by atoms with Gasteiger partial charge >= 0.3 is 11.9 Å². The lowest BCUT2D eigenvalue weighted by Gasteiger charge is -2.12. The molecular weight excluding hydrogens is 382 g/mol. The van der Waals surface area contributed by atoms with Crippen LogP contribution in [-0.4, -0.2) is 32.5 Å². The second-order valence-electron chi connectivity index (χ2n) is 7.56. The van der Waals surface area contributed by atoms with Crippen molar-refractivity contribution in [3.05, 3.63) is 64.6 Å². The average molecular weight is 409 g/mol. The Morgan fingerprint density at radius 3 is 2.53 bits per heavy atom.